The number of carbonyl (C=O) groups is 6. The summed E-state index contributed by atoms with van der Waals surface area (Å²) in [7, 11) is 1.54. The lowest BCUT2D eigenvalue weighted by Crippen LogP contribution is -2.53. The summed E-state index contributed by atoms with van der Waals surface area (Å²) < 4.78 is 12.2. The molecule has 4 rings (SSSR count). The summed E-state index contributed by atoms with van der Waals surface area (Å²) in [5, 5.41) is 6.23. The molecule has 1 aromatic heterocycles. The Balaban J connectivity index is 1.54. The Kier molecular flexibility index (Phi) is 11.2. The molecule has 47 heavy (non-hydrogen) atoms. The van der Waals surface area contributed by atoms with Crippen molar-refractivity contribution in [1.82, 2.24) is 20.1 Å². The van der Waals surface area contributed by atoms with E-state index in [2.05, 4.69) is 10.6 Å². The first-order chi connectivity index (χ1) is 22.3. The SMILES string of the molecule is COc1cccc2c1ccn2C(=O)N[C@@H](CC(C)C)C(=O)N[C@@H](C[C@@H]1CCN(C(C)=O)C1=O)C(=O)COC(=O)c1c(C)cccc1C. The monoisotopic (exact) mass is 646 g/mol. The third-order valence-electron chi connectivity index (χ3n) is 8.41. The quantitative estimate of drug-likeness (QED) is 0.281. The number of fused-ring (bicyclic) bond motifs is 1. The summed E-state index contributed by atoms with van der Waals surface area (Å²) in [5.41, 5.74) is 2.31. The molecule has 12 heteroatoms. The summed E-state index contributed by atoms with van der Waals surface area (Å²) in [5.74, 6) is -2.89. The number of carbonyl (C=O) groups excluding carboxylic acids is 6. The van der Waals surface area contributed by atoms with Gasteiger partial charge in [0.05, 0.1) is 24.2 Å². The number of likely N-dealkylation sites (tertiary alicyclic amines) is 1. The predicted octanol–water partition coefficient (Wildman–Crippen LogP) is 3.94. The van der Waals surface area contributed by atoms with Gasteiger partial charge in [-0.25, -0.2) is 9.59 Å². The highest BCUT2D eigenvalue weighted by atomic mass is 16.5. The maximum Gasteiger partial charge on any atom is 0.339 e. The zero-order chi connectivity index (χ0) is 34.4. The number of hydrogen-bond acceptors (Lipinski definition) is 8. The van der Waals surface area contributed by atoms with Crippen LogP contribution in [-0.4, -0.2) is 77.3 Å². The number of amides is 4. The normalized spacial score (nSPS) is 15.8. The van der Waals surface area contributed by atoms with Crippen molar-refractivity contribution in [3.05, 3.63) is 65.4 Å². The van der Waals surface area contributed by atoms with Crippen LogP contribution in [0, 0.1) is 25.7 Å². The average molecular weight is 647 g/mol. The van der Waals surface area contributed by atoms with Crippen LogP contribution >= 0.6 is 0 Å². The topological polar surface area (TPSA) is 153 Å². The number of nitrogens with zero attached hydrogens (tertiary/aromatic N) is 2. The molecular formula is C35H42N4O8. The minimum absolute atomic E-state index is 0.0134. The Bertz CT molecular complexity index is 1670. The van der Waals surface area contributed by atoms with Gasteiger partial charge < -0.3 is 20.1 Å². The lowest BCUT2D eigenvalue weighted by Gasteiger charge is -2.25. The Morgan fingerprint density at radius 3 is 2.26 bits per heavy atom. The van der Waals surface area contributed by atoms with Crippen LogP contribution in [0.3, 0.4) is 0 Å². The fourth-order valence-electron chi connectivity index (χ4n) is 5.96. The summed E-state index contributed by atoms with van der Waals surface area (Å²) in [6.45, 7) is 8.16. The molecule has 1 fully saturated rings. The van der Waals surface area contributed by atoms with Crippen LogP contribution in [0.1, 0.15) is 61.5 Å². The van der Waals surface area contributed by atoms with E-state index in [-0.39, 0.29) is 25.3 Å². The number of aromatic nitrogens is 1. The van der Waals surface area contributed by atoms with Gasteiger partial charge in [0.1, 0.15) is 11.8 Å². The molecule has 3 aromatic rings. The molecule has 3 atom stereocenters. The highest BCUT2D eigenvalue weighted by Crippen LogP contribution is 2.27. The van der Waals surface area contributed by atoms with Gasteiger partial charge in [-0.15, -0.1) is 0 Å². The second-order valence-corrected chi connectivity index (χ2v) is 12.3. The molecule has 250 valence electrons. The summed E-state index contributed by atoms with van der Waals surface area (Å²) in [4.78, 5) is 79.7. The lowest BCUT2D eigenvalue weighted by atomic mass is 9.95. The van der Waals surface area contributed by atoms with E-state index in [4.69, 9.17) is 9.47 Å². The van der Waals surface area contributed by atoms with E-state index in [1.807, 2.05) is 19.9 Å². The van der Waals surface area contributed by atoms with E-state index in [1.54, 1.807) is 56.4 Å². The van der Waals surface area contributed by atoms with Gasteiger partial charge in [-0.1, -0.05) is 38.1 Å². The molecule has 0 unspecified atom stereocenters. The molecule has 2 heterocycles. The van der Waals surface area contributed by atoms with Crippen molar-refractivity contribution in [3.8, 4) is 5.75 Å². The van der Waals surface area contributed by atoms with Crippen molar-refractivity contribution in [1.29, 1.82) is 0 Å². The molecule has 2 aromatic carbocycles. The number of Topliss-reactive ketones (excluding diaryl/α,β-unsaturated/α-hetero) is 1. The molecule has 2 N–H and O–H groups in total. The van der Waals surface area contributed by atoms with Crippen molar-refractivity contribution in [2.75, 3.05) is 20.3 Å². The van der Waals surface area contributed by atoms with Gasteiger partial charge >= 0.3 is 12.0 Å². The van der Waals surface area contributed by atoms with Crippen LogP contribution in [0.25, 0.3) is 10.9 Å². The molecular weight excluding hydrogens is 604 g/mol. The number of methoxy groups -OCH3 is 1. The van der Waals surface area contributed by atoms with Crippen LogP contribution < -0.4 is 15.4 Å². The van der Waals surface area contributed by atoms with Crippen molar-refractivity contribution in [2.45, 2.75) is 66.0 Å². The van der Waals surface area contributed by atoms with Crippen molar-refractivity contribution < 1.29 is 38.2 Å². The molecule has 12 nitrogen and oxygen atoms in total. The van der Waals surface area contributed by atoms with Crippen LogP contribution in [0.15, 0.2) is 48.7 Å². The highest BCUT2D eigenvalue weighted by Gasteiger charge is 2.38. The van der Waals surface area contributed by atoms with E-state index in [1.165, 1.54) is 18.6 Å². The van der Waals surface area contributed by atoms with Gasteiger partial charge in [0.15, 0.2) is 12.4 Å². The molecule has 0 bridgehead atoms. The minimum atomic E-state index is -1.22. The Morgan fingerprint density at radius 1 is 0.957 bits per heavy atom. The number of ether oxygens (including phenoxy) is 2. The highest BCUT2D eigenvalue weighted by molar-refractivity contribution is 6.00. The van der Waals surface area contributed by atoms with E-state index < -0.39 is 60.1 Å². The lowest BCUT2D eigenvalue weighted by molar-refractivity contribution is -0.142. The second kappa shape index (κ2) is 15.1. The van der Waals surface area contributed by atoms with E-state index >= 15 is 0 Å². The second-order valence-electron chi connectivity index (χ2n) is 12.3. The zero-order valence-electron chi connectivity index (χ0n) is 27.6. The van der Waals surface area contributed by atoms with Gasteiger partial charge in [0, 0.05) is 31.0 Å². The van der Waals surface area contributed by atoms with Crippen LogP contribution in [-0.2, 0) is 23.9 Å². The zero-order valence-corrected chi connectivity index (χ0v) is 27.6. The van der Waals surface area contributed by atoms with Crippen LogP contribution in [0.5, 0.6) is 5.75 Å². The van der Waals surface area contributed by atoms with E-state index in [9.17, 15) is 28.8 Å². The predicted molar refractivity (Wildman–Crippen MR) is 174 cm³/mol. The van der Waals surface area contributed by atoms with Crippen LogP contribution in [0.4, 0.5) is 4.79 Å². The Morgan fingerprint density at radius 2 is 1.64 bits per heavy atom. The molecule has 0 spiro atoms. The summed E-state index contributed by atoms with van der Waals surface area (Å²) >= 11 is 0. The molecule has 1 aliphatic rings. The summed E-state index contributed by atoms with van der Waals surface area (Å²) in [6, 6.07) is 9.54. The molecule has 4 amide bonds. The fraction of sp³-hybridized carbons (Fsp3) is 0.429. The third-order valence-corrected chi connectivity index (χ3v) is 8.41. The average Bonchev–Trinajstić information content (AvgIpc) is 3.62. The van der Waals surface area contributed by atoms with Gasteiger partial charge in [-0.05, 0) is 68.4 Å². The summed E-state index contributed by atoms with van der Waals surface area (Å²) in [6.07, 6.45) is 2.05. The number of esters is 1. The van der Waals surface area contributed by atoms with Gasteiger partial charge in [-0.3, -0.25) is 28.6 Å². The number of nitrogens with one attached hydrogen (secondary N) is 2. The molecule has 0 aliphatic carbocycles. The Labute approximate surface area is 273 Å². The minimum Gasteiger partial charge on any atom is -0.496 e. The fourth-order valence-corrected chi connectivity index (χ4v) is 5.96. The maximum absolute atomic E-state index is 13.8. The van der Waals surface area contributed by atoms with E-state index in [0.29, 0.717) is 34.4 Å². The van der Waals surface area contributed by atoms with Gasteiger partial charge in [0.2, 0.25) is 17.7 Å². The Hall–Kier alpha value is -5.00. The first kappa shape index (κ1) is 34.9. The largest absolute Gasteiger partial charge is 0.496 e. The molecule has 0 saturated carbocycles. The van der Waals surface area contributed by atoms with Crippen LogP contribution in [0.2, 0.25) is 0 Å². The third kappa shape index (κ3) is 8.05. The number of imide groups is 1. The standard InChI is InChI=1S/C35H42N4O8/c1-20(2)17-27(37-35(45)39-16-14-25-28(39)11-8-12-30(25)46-6)32(42)36-26(18-24-13-15-38(23(5)40)33(24)43)29(41)19-47-34(44)31-21(3)9-7-10-22(31)4/h7-12,14,16,20,24,26-27H,13,15,17-19H2,1-6H3,(H,36,42)(H,37,45)/t24-,26-,27-/m0/s1. The van der Waals surface area contributed by atoms with E-state index in [0.717, 1.165) is 10.3 Å². The van der Waals surface area contributed by atoms with Gasteiger partial charge in [-0.2, -0.15) is 0 Å². The number of ketones is 1. The maximum atomic E-state index is 13.8. The molecule has 0 radical (unpaired) electrons. The number of aryl methyl sites for hydroxylation is 2. The molecule has 1 aliphatic heterocycles. The first-order valence-electron chi connectivity index (χ1n) is 15.7. The first-order valence-corrected chi connectivity index (χ1v) is 15.7. The number of rotatable bonds is 12. The van der Waals surface area contributed by atoms with Gasteiger partial charge in [0.25, 0.3) is 0 Å². The van der Waals surface area contributed by atoms with Crippen molar-refractivity contribution in [3.63, 3.8) is 0 Å². The van der Waals surface area contributed by atoms with Crippen molar-refractivity contribution in [2.24, 2.45) is 11.8 Å². The van der Waals surface area contributed by atoms with Crippen molar-refractivity contribution >= 4 is 46.4 Å². The number of benzene rings is 2. The number of hydrogen-bond donors (Lipinski definition) is 2. The smallest absolute Gasteiger partial charge is 0.339 e. The molecule has 1 saturated heterocycles.